The number of fused-ring (bicyclic) bond motifs is 1. The third kappa shape index (κ3) is 3.23. The topological polar surface area (TPSA) is 27.1 Å². The van der Waals surface area contributed by atoms with Gasteiger partial charge in [0, 0.05) is 17.9 Å². The summed E-state index contributed by atoms with van der Waals surface area (Å²) in [4.78, 5) is 4.75. The molecule has 0 aliphatic rings. The van der Waals surface area contributed by atoms with Crippen LogP contribution in [0.15, 0.2) is 24.4 Å². The summed E-state index contributed by atoms with van der Waals surface area (Å²) in [5.74, 6) is 1.64. The summed E-state index contributed by atoms with van der Waals surface area (Å²) in [6, 6.07) is 7.01. The molecule has 2 aromatic heterocycles. The molecule has 0 saturated heterocycles. The Kier molecular flexibility index (Phi) is 5.08. The van der Waals surface area contributed by atoms with Crippen LogP contribution >= 0.6 is 0 Å². The van der Waals surface area contributed by atoms with Gasteiger partial charge >= 0.3 is 0 Å². The number of rotatable bonds is 5. The maximum Gasteiger partial charge on any atom is 0.229 e. The van der Waals surface area contributed by atoms with Gasteiger partial charge in [0.25, 0.3) is 0 Å². The quantitative estimate of drug-likeness (QED) is 0.510. The van der Waals surface area contributed by atoms with Crippen molar-refractivity contribution in [2.45, 2.75) is 67.3 Å². The molecule has 138 valence electrons. The van der Waals surface area contributed by atoms with Gasteiger partial charge in [0.1, 0.15) is 5.75 Å². The summed E-state index contributed by atoms with van der Waals surface area (Å²) in [5, 5.41) is 1.13. The first kappa shape index (κ1) is 18.5. The van der Waals surface area contributed by atoms with Crippen molar-refractivity contribution < 1.29 is 4.74 Å². The summed E-state index contributed by atoms with van der Waals surface area (Å²) < 4.78 is 8.81. The van der Waals surface area contributed by atoms with Crippen LogP contribution in [-0.2, 0) is 0 Å². The number of aromatic nitrogens is 2. The van der Waals surface area contributed by atoms with Crippen LogP contribution in [0, 0.1) is 34.6 Å². The van der Waals surface area contributed by atoms with E-state index in [4.69, 9.17) is 9.72 Å². The molecule has 2 heterocycles. The van der Waals surface area contributed by atoms with Crippen LogP contribution in [0.1, 0.15) is 60.7 Å². The molecule has 0 N–H and O–H groups in total. The molecule has 0 fully saturated rings. The summed E-state index contributed by atoms with van der Waals surface area (Å²) in [7, 11) is 0. The van der Waals surface area contributed by atoms with E-state index < -0.39 is 0 Å². The minimum Gasteiger partial charge on any atom is -0.438 e. The average Bonchev–Trinajstić information content (AvgIpc) is 2.88. The SMILES string of the molecule is CCC(CC)n1cc(C)c2c(Oc3c(C)cc(C)cc3C)nc(C)cc21. The van der Waals surface area contributed by atoms with Crippen LogP contribution in [0.4, 0.5) is 0 Å². The van der Waals surface area contributed by atoms with E-state index in [1.54, 1.807) is 0 Å². The molecule has 0 bridgehead atoms. The van der Waals surface area contributed by atoms with Gasteiger partial charge in [0.2, 0.25) is 5.88 Å². The smallest absolute Gasteiger partial charge is 0.229 e. The third-order valence-electron chi connectivity index (χ3n) is 5.24. The van der Waals surface area contributed by atoms with Gasteiger partial charge in [-0.1, -0.05) is 31.5 Å². The normalized spacial score (nSPS) is 11.5. The number of hydrogen-bond donors (Lipinski definition) is 0. The molecule has 0 radical (unpaired) electrons. The number of nitrogens with zero attached hydrogens (tertiary/aromatic N) is 2. The summed E-state index contributed by atoms with van der Waals surface area (Å²) in [6.07, 6.45) is 4.49. The number of benzene rings is 1. The first-order valence-electron chi connectivity index (χ1n) is 9.60. The Bertz CT molecular complexity index is 925. The van der Waals surface area contributed by atoms with E-state index in [2.05, 4.69) is 70.5 Å². The fourth-order valence-electron chi connectivity index (χ4n) is 4.03. The highest BCUT2D eigenvalue weighted by atomic mass is 16.5. The van der Waals surface area contributed by atoms with E-state index >= 15 is 0 Å². The summed E-state index contributed by atoms with van der Waals surface area (Å²) in [5.41, 5.74) is 6.98. The van der Waals surface area contributed by atoms with Gasteiger partial charge in [-0.05, 0) is 70.2 Å². The van der Waals surface area contributed by atoms with Crippen molar-refractivity contribution in [3.05, 3.63) is 52.3 Å². The molecular weight excluding hydrogens is 320 g/mol. The van der Waals surface area contributed by atoms with E-state index in [-0.39, 0.29) is 0 Å². The van der Waals surface area contributed by atoms with Crippen molar-refractivity contribution in [2.24, 2.45) is 0 Å². The second kappa shape index (κ2) is 7.14. The average molecular weight is 351 g/mol. The molecule has 0 aliphatic carbocycles. The monoisotopic (exact) mass is 350 g/mol. The number of ether oxygens (including phenoxy) is 1. The lowest BCUT2D eigenvalue weighted by Crippen LogP contribution is -2.05. The molecule has 3 aromatic rings. The minimum absolute atomic E-state index is 0.503. The van der Waals surface area contributed by atoms with Gasteiger partial charge in [0.15, 0.2) is 0 Å². The zero-order chi connectivity index (χ0) is 19.0. The lowest BCUT2D eigenvalue weighted by molar-refractivity contribution is 0.459. The standard InChI is InChI=1S/C23H30N2O/c1-8-19(9-2)25-13-17(6)21-20(25)12-18(7)24-23(21)26-22-15(4)10-14(3)11-16(22)5/h10-13,19H,8-9H2,1-7H3. The van der Waals surface area contributed by atoms with Crippen molar-refractivity contribution in [1.29, 1.82) is 0 Å². The number of hydrogen-bond acceptors (Lipinski definition) is 2. The molecule has 3 heteroatoms. The predicted molar refractivity (Wildman–Crippen MR) is 110 cm³/mol. The molecule has 26 heavy (non-hydrogen) atoms. The first-order chi connectivity index (χ1) is 12.3. The van der Waals surface area contributed by atoms with Crippen LogP contribution in [0.5, 0.6) is 11.6 Å². The van der Waals surface area contributed by atoms with Gasteiger partial charge in [-0.25, -0.2) is 4.98 Å². The Morgan fingerprint density at radius 3 is 2.12 bits per heavy atom. The van der Waals surface area contributed by atoms with Crippen LogP contribution in [-0.4, -0.2) is 9.55 Å². The minimum atomic E-state index is 0.503. The van der Waals surface area contributed by atoms with Crippen molar-refractivity contribution in [2.75, 3.05) is 0 Å². The van der Waals surface area contributed by atoms with Crippen molar-refractivity contribution in [1.82, 2.24) is 9.55 Å². The number of aryl methyl sites for hydroxylation is 5. The molecule has 3 nitrogen and oxygen atoms in total. The largest absolute Gasteiger partial charge is 0.438 e. The highest BCUT2D eigenvalue weighted by Crippen LogP contribution is 2.37. The Morgan fingerprint density at radius 1 is 0.923 bits per heavy atom. The molecule has 0 spiro atoms. The Hall–Kier alpha value is -2.29. The molecule has 0 amide bonds. The van der Waals surface area contributed by atoms with Crippen molar-refractivity contribution in [3.63, 3.8) is 0 Å². The van der Waals surface area contributed by atoms with Gasteiger partial charge < -0.3 is 9.30 Å². The van der Waals surface area contributed by atoms with Crippen LogP contribution in [0.2, 0.25) is 0 Å². The molecular formula is C23H30N2O. The van der Waals surface area contributed by atoms with E-state index in [0.29, 0.717) is 6.04 Å². The van der Waals surface area contributed by atoms with Gasteiger partial charge in [-0.15, -0.1) is 0 Å². The molecule has 3 rings (SSSR count). The van der Waals surface area contributed by atoms with E-state index in [0.717, 1.165) is 46.7 Å². The Balaban J connectivity index is 2.19. The molecule has 0 atom stereocenters. The lowest BCUT2D eigenvalue weighted by atomic mass is 10.1. The first-order valence-corrected chi connectivity index (χ1v) is 9.60. The summed E-state index contributed by atoms with van der Waals surface area (Å²) >= 11 is 0. The summed E-state index contributed by atoms with van der Waals surface area (Å²) in [6.45, 7) is 15.0. The van der Waals surface area contributed by atoms with Crippen LogP contribution in [0.3, 0.4) is 0 Å². The van der Waals surface area contributed by atoms with Gasteiger partial charge in [-0.3, -0.25) is 0 Å². The maximum atomic E-state index is 6.41. The van der Waals surface area contributed by atoms with Gasteiger partial charge in [0.05, 0.1) is 10.9 Å². The van der Waals surface area contributed by atoms with Gasteiger partial charge in [-0.2, -0.15) is 0 Å². The molecule has 1 aromatic carbocycles. The number of pyridine rings is 1. The third-order valence-corrected chi connectivity index (χ3v) is 5.24. The second-order valence-corrected chi connectivity index (χ2v) is 7.48. The highest BCUT2D eigenvalue weighted by molar-refractivity contribution is 5.89. The Labute approximate surface area is 157 Å². The zero-order valence-electron chi connectivity index (χ0n) is 17.1. The predicted octanol–water partition coefficient (Wildman–Crippen LogP) is 6.73. The van der Waals surface area contributed by atoms with E-state index in [9.17, 15) is 0 Å². The van der Waals surface area contributed by atoms with Crippen molar-refractivity contribution in [3.8, 4) is 11.6 Å². The fourth-order valence-corrected chi connectivity index (χ4v) is 4.03. The molecule has 0 saturated carbocycles. The molecule has 0 aliphatic heterocycles. The lowest BCUT2D eigenvalue weighted by Gasteiger charge is -2.17. The maximum absolute atomic E-state index is 6.41. The fraction of sp³-hybridized carbons (Fsp3) is 0.435. The Morgan fingerprint density at radius 2 is 1.54 bits per heavy atom. The zero-order valence-corrected chi connectivity index (χ0v) is 17.1. The van der Waals surface area contributed by atoms with Crippen LogP contribution < -0.4 is 4.74 Å². The van der Waals surface area contributed by atoms with E-state index in [1.807, 2.05) is 6.92 Å². The van der Waals surface area contributed by atoms with E-state index in [1.165, 1.54) is 16.6 Å². The second-order valence-electron chi connectivity index (χ2n) is 7.48. The molecule has 0 unspecified atom stereocenters. The van der Waals surface area contributed by atoms with Crippen LogP contribution in [0.25, 0.3) is 10.9 Å². The highest BCUT2D eigenvalue weighted by Gasteiger charge is 2.18. The van der Waals surface area contributed by atoms with Crippen molar-refractivity contribution >= 4 is 10.9 Å².